The van der Waals surface area contributed by atoms with Crippen molar-refractivity contribution in [1.82, 2.24) is 4.98 Å². The molecule has 0 saturated heterocycles. The number of nitrogens with one attached hydrogen (secondary N) is 2. The zero-order chi connectivity index (χ0) is 20.2. The fourth-order valence-electron chi connectivity index (χ4n) is 4.35. The van der Waals surface area contributed by atoms with Crippen LogP contribution in [0.3, 0.4) is 0 Å². The molecule has 150 valence electrons. The highest BCUT2D eigenvalue weighted by atomic mass is 16.5. The second-order valence-electron chi connectivity index (χ2n) is 9.65. The van der Waals surface area contributed by atoms with E-state index in [4.69, 9.17) is 4.74 Å². The van der Waals surface area contributed by atoms with Crippen LogP contribution in [-0.2, 0) is 10.8 Å². The number of rotatable bonds is 5. The van der Waals surface area contributed by atoms with E-state index in [1.54, 1.807) is 12.7 Å². The first-order valence-corrected chi connectivity index (χ1v) is 10.7. The average molecular weight is 387 g/mol. The van der Waals surface area contributed by atoms with Crippen molar-refractivity contribution in [3.63, 3.8) is 0 Å². The number of benzene rings is 2. The predicted octanol–water partition coefficient (Wildman–Crippen LogP) is 6.67. The van der Waals surface area contributed by atoms with Gasteiger partial charge in [-0.25, -0.2) is 0 Å². The molecule has 0 spiro atoms. The summed E-state index contributed by atoms with van der Waals surface area (Å²) in [5, 5.41) is 5.11. The lowest BCUT2D eigenvalue weighted by atomic mass is 9.91. The summed E-state index contributed by atoms with van der Waals surface area (Å²) < 4.78 is 5.49. The third-order valence-electron chi connectivity index (χ3n) is 6.40. The highest BCUT2D eigenvalue weighted by Gasteiger charge is 2.50. The van der Waals surface area contributed by atoms with Crippen LogP contribution in [0.4, 0.5) is 5.69 Å². The van der Waals surface area contributed by atoms with Gasteiger partial charge in [0.15, 0.2) is 0 Å². The first-order chi connectivity index (χ1) is 13.9. The molecule has 1 heterocycles. The number of H-pyrrole nitrogens is 1. The van der Waals surface area contributed by atoms with Crippen LogP contribution in [0.1, 0.15) is 57.7 Å². The van der Waals surface area contributed by atoms with Crippen molar-refractivity contribution in [2.75, 3.05) is 12.4 Å². The van der Waals surface area contributed by atoms with Crippen molar-refractivity contribution < 1.29 is 4.74 Å². The Morgan fingerprint density at radius 1 is 1.03 bits per heavy atom. The van der Waals surface area contributed by atoms with Gasteiger partial charge in [-0.05, 0) is 73.2 Å². The molecule has 5 rings (SSSR count). The number of aromatic nitrogens is 1. The number of hydrogen-bond donors (Lipinski definition) is 2. The van der Waals surface area contributed by atoms with Gasteiger partial charge < -0.3 is 15.0 Å². The van der Waals surface area contributed by atoms with Gasteiger partial charge >= 0.3 is 0 Å². The zero-order valence-corrected chi connectivity index (χ0v) is 17.9. The molecule has 0 amide bonds. The summed E-state index contributed by atoms with van der Waals surface area (Å²) >= 11 is 0. The summed E-state index contributed by atoms with van der Waals surface area (Å²) in [7, 11) is 1.75. The smallest absolute Gasteiger partial charge is 0.119 e. The Kier molecular flexibility index (Phi) is 4.06. The summed E-state index contributed by atoms with van der Waals surface area (Å²) in [5.74, 6) is 0.942. The number of fused-ring (bicyclic) bond motifs is 1. The van der Waals surface area contributed by atoms with E-state index in [1.165, 1.54) is 59.2 Å². The van der Waals surface area contributed by atoms with Crippen LogP contribution in [0, 0.1) is 0 Å². The van der Waals surface area contributed by atoms with Gasteiger partial charge in [-0.15, -0.1) is 0 Å². The van der Waals surface area contributed by atoms with Crippen molar-refractivity contribution >= 4 is 16.6 Å². The molecule has 2 aromatic carbocycles. The molecule has 2 aliphatic carbocycles. The quantitative estimate of drug-likeness (QED) is 0.514. The van der Waals surface area contributed by atoms with E-state index >= 15 is 0 Å². The Balaban J connectivity index is 1.49. The minimum Gasteiger partial charge on any atom is -0.497 e. The van der Waals surface area contributed by atoms with Gasteiger partial charge in [0.1, 0.15) is 5.75 Å². The van der Waals surface area contributed by atoms with E-state index in [0.29, 0.717) is 0 Å². The third-order valence-corrected chi connectivity index (χ3v) is 6.40. The lowest BCUT2D eigenvalue weighted by Gasteiger charge is -2.23. The van der Waals surface area contributed by atoms with E-state index in [1.807, 2.05) is 6.07 Å². The molecule has 2 fully saturated rings. The lowest BCUT2D eigenvalue weighted by molar-refractivity contribution is 0.414. The first-order valence-electron chi connectivity index (χ1n) is 10.7. The third kappa shape index (κ3) is 3.33. The fraction of sp³-hybridized carbons (Fsp3) is 0.385. The lowest BCUT2D eigenvalue weighted by Crippen LogP contribution is -2.18. The van der Waals surface area contributed by atoms with Crippen LogP contribution >= 0.6 is 0 Å². The number of ether oxygens (including phenoxy) is 1. The van der Waals surface area contributed by atoms with Gasteiger partial charge in [0, 0.05) is 38.8 Å². The van der Waals surface area contributed by atoms with Crippen molar-refractivity contribution in [1.29, 1.82) is 0 Å². The molecular weight excluding hydrogens is 356 g/mol. The van der Waals surface area contributed by atoms with Crippen LogP contribution in [0.15, 0.2) is 59.8 Å². The molecule has 3 aromatic rings. The van der Waals surface area contributed by atoms with Gasteiger partial charge in [0.25, 0.3) is 0 Å². The molecule has 0 bridgehead atoms. The average Bonchev–Trinajstić information content (AvgIpc) is 3.63. The Hall–Kier alpha value is -2.68. The van der Waals surface area contributed by atoms with Crippen LogP contribution in [0.25, 0.3) is 10.9 Å². The van der Waals surface area contributed by atoms with Crippen molar-refractivity contribution in [3.05, 3.63) is 71.1 Å². The molecule has 0 atom stereocenters. The molecule has 29 heavy (non-hydrogen) atoms. The van der Waals surface area contributed by atoms with E-state index in [9.17, 15) is 0 Å². The van der Waals surface area contributed by atoms with Gasteiger partial charge in [-0.2, -0.15) is 0 Å². The molecule has 1 aromatic heterocycles. The summed E-state index contributed by atoms with van der Waals surface area (Å²) in [6.07, 6.45) is 4.84. The molecule has 0 unspecified atom stereocenters. The van der Waals surface area contributed by atoms with E-state index < -0.39 is 0 Å². The molecule has 2 aliphatic rings. The minimum atomic E-state index is 0.123. The largest absolute Gasteiger partial charge is 0.497 e. The minimum absolute atomic E-state index is 0.123. The van der Waals surface area contributed by atoms with Crippen molar-refractivity contribution in [2.45, 2.75) is 57.3 Å². The second kappa shape index (κ2) is 6.41. The van der Waals surface area contributed by atoms with Crippen LogP contribution < -0.4 is 10.1 Å². The number of allylic oxidation sites excluding steroid dienone is 2. The normalized spacial score (nSPS) is 17.3. The SMILES string of the molecule is COc1cccc(C2(C(Nc3ccc4[nH]c(C(C)(C)C)cc4c3)=C3CC3)CC2)c1. The van der Waals surface area contributed by atoms with Gasteiger partial charge in [-0.1, -0.05) is 32.9 Å². The maximum absolute atomic E-state index is 5.49. The standard InChI is InChI=1S/C26H30N2O/c1-25(2,3)23-15-18-14-20(10-11-22(18)28-23)27-24(17-8-9-17)26(12-13-26)19-6-5-7-21(16-19)29-4/h5-7,10-11,14-16,27-28H,8-9,12-13H2,1-4H3. The zero-order valence-electron chi connectivity index (χ0n) is 17.9. The molecule has 3 nitrogen and oxygen atoms in total. The molecule has 2 N–H and O–H groups in total. The Labute approximate surface area is 173 Å². The van der Waals surface area contributed by atoms with Crippen LogP contribution in [0.5, 0.6) is 5.75 Å². The summed E-state index contributed by atoms with van der Waals surface area (Å²) in [6.45, 7) is 6.74. The summed E-state index contributed by atoms with van der Waals surface area (Å²) in [4.78, 5) is 3.58. The maximum atomic E-state index is 5.49. The summed E-state index contributed by atoms with van der Waals surface area (Å²) in [6, 6.07) is 17.6. The van der Waals surface area contributed by atoms with E-state index in [2.05, 4.69) is 73.5 Å². The van der Waals surface area contributed by atoms with Gasteiger partial charge in [-0.3, -0.25) is 0 Å². The molecular formula is C26H30N2O. The highest BCUT2D eigenvalue weighted by molar-refractivity contribution is 5.85. The Bertz CT molecular complexity index is 1100. The number of methoxy groups -OCH3 is 1. The maximum Gasteiger partial charge on any atom is 0.119 e. The Morgan fingerprint density at radius 3 is 2.48 bits per heavy atom. The monoisotopic (exact) mass is 386 g/mol. The molecule has 3 heteroatoms. The van der Waals surface area contributed by atoms with E-state index in [0.717, 1.165) is 5.75 Å². The summed E-state index contributed by atoms with van der Waals surface area (Å²) in [5.41, 5.74) is 8.29. The van der Waals surface area contributed by atoms with Gasteiger partial charge in [0.2, 0.25) is 0 Å². The van der Waals surface area contributed by atoms with Gasteiger partial charge in [0.05, 0.1) is 7.11 Å². The van der Waals surface area contributed by atoms with Crippen LogP contribution in [0.2, 0.25) is 0 Å². The Morgan fingerprint density at radius 2 is 1.83 bits per heavy atom. The fourth-order valence-corrected chi connectivity index (χ4v) is 4.35. The topological polar surface area (TPSA) is 37.0 Å². The first kappa shape index (κ1) is 18.4. The van der Waals surface area contributed by atoms with E-state index in [-0.39, 0.29) is 10.8 Å². The molecule has 2 saturated carbocycles. The predicted molar refractivity (Wildman–Crippen MR) is 121 cm³/mol. The number of hydrogen-bond acceptors (Lipinski definition) is 2. The second-order valence-corrected chi connectivity index (χ2v) is 9.65. The molecule has 0 aliphatic heterocycles. The number of anilines is 1. The van der Waals surface area contributed by atoms with Crippen molar-refractivity contribution in [2.24, 2.45) is 0 Å². The highest BCUT2D eigenvalue weighted by Crippen LogP contribution is 2.57. The molecule has 0 radical (unpaired) electrons. The van der Waals surface area contributed by atoms with Crippen molar-refractivity contribution in [3.8, 4) is 5.75 Å². The number of aromatic amines is 1. The van der Waals surface area contributed by atoms with Crippen LogP contribution in [-0.4, -0.2) is 12.1 Å².